The molecule has 2 N–H and O–H groups in total. The number of rotatable bonds is 7. The highest BCUT2D eigenvalue weighted by molar-refractivity contribution is 6.17. The minimum Gasteiger partial charge on any atom is -0.497 e. The standard InChI is InChI=1S/C21H22N2O5/c1-13(24)14-4-6-15(7-5-14)22-19(25)21(10-11-21)20(26)23-17-12-16(27-2)8-9-18(17)28-3/h4-9,12H,10-11H2,1-3H3,(H,22,25)(H,23,26). The van der Waals surface area contributed by atoms with E-state index in [0.717, 1.165) is 0 Å². The minimum atomic E-state index is -1.12. The number of ether oxygens (including phenoxy) is 2. The molecule has 0 bridgehead atoms. The van der Waals surface area contributed by atoms with E-state index >= 15 is 0 Å². The van der Waals surface area contributed by atoms with Gasteiger partial charge in [-0.05, 0) is 56.2 Å². The quantitative estimate of drug-likeness (QED) is 0.566. The van der Waals surface area contributed by atoms with Crippen LogP contribution in [-0.4, -0.2) is 31.8 Å². The van der Waals surface area contributed by atoms with Gasteiger partial charge in [0.1, 0.15) is 16.9 Å². The number of amides is 2. The molecular weight excluding hydrogens is 360 g/mol. The Labute approximate surface area is 163 Å². The summed E-state index contributed by atoms with van der Waals surface area (Å²) in [5.74, 6) is 0.226. The number of ketones is 1. The van der Waals surface area contributed by atoms with Crippen molar-refractivity contribution >= 4 is 29.0 Å². The van der Waals surface area contributed by atoms with E-state index in [0.29, 0.717) is 41.3 Å². The second kappa shape index (κ2) is 7.72. The maximum atomic E-state index is 12.8. The van der Waals surface area contributed by atoms with Crippen LogP contribution in [0.5, 0.6) is 11.5 Å². The zero-order chi connectivity index (χ0) is 20.3. The van der Waals surface area contributed by atoms with E-state index < -0.39 is 11.3 Å². The van der Waals surface area contributed by atoms with Gasteiger partial charge in [0.25, 0.3) is 0 Å². The Hall–Kier alpha value is -3.35. The summed E-state index contributed by atoms with van der Waals surface area (Å²) in [5.41, 5.74) is 0.416. The maximum Gasteiger partial charge on any atom is 0.240 e. The monoisotopic (exact) mass is 382 g/mol. The number of Topliss-reactive ketones (excluding diaryl/α,β-unsaturated/α-hetero) is 1. The maximum absolute atomic E-state index is 12.8. The topological polar surface area (TPSA) is 93.7 Å². The number of carbonyl (C=O) groups is 3. The molecule has 0 spiro atoms. The average Bonchev–Trinajstić information content (AvgIpc) is 3.50. The lowest BCUT2D eigenvalue weighted by molar-refractivity contribution is -0.131. The van der Waals surface area contributed by atoms with Crippen LogP contribution in [-0.2, 0) is 9.59 Å². The first-order valence-corrected chi connectivity index (χ1v) is 8.85. The van der Waals surface area contributed by atoms with Crippen molar-refractivity contribution in [2.75, 3.05) is 24.9 Å². The number of methoxy groups -OCH3 is 2. The zero-order valence-electron chi connectivity index (χ0n) is 16.0. The molecule has 7 nitrogen and oxygen atoms in total. The molecule has 28 heavy (non-hydrogen) atoms. The molecule has 0 aromatic heterocycles. The molecule has 0 saturated heterocycles. The predicted molar refractivity (Wildman–Crippen MR) is 105 cm³/mol. The highest BCUT2D eigenvalue weighted by atomic mass is 16.5. The molecule has 3 rings (SSSR count). The molecule has 0 radical (unpaired) electrons. The molecule has 0 heterocycles. The van der Waals surface area contributed by atoms with Crippen LogP contribution in [0.2, 0.25) is 0 Å². The average molecular weight is 382 g/mol. The Morgan fingerprint density at radius 2 is 1.54 bits per heavy atom. The third-order valence-corrected chi connectivity index (χ3v) is 4.82. The number of nitrogens with one attached hydrogen (secondary N) is 2. The summed E-state index contributed by atoms with van der Waals surface area (Å²) >= 11 is 0. The highest BCUT2D eigenvalue weighted by Crippen LogP contribution is 2.48. The molecule has 0 atom stereocenters. The van der Waals surface area contributed by atoms with Gasteiger partial charge in [-0.3, -0.25) is 14.4 Å². The molecule has 1 fully saturated rings. The van der Waals surface area contributed by atoms with Gasteiger partial charge in [0.15, 0.2) is 5.78 Å². The predicted octanol–water partition coefficient (Wildman–Crippen LogP) is 3.26. The Balaban J connectivity index is 1.73. The fourth-order valence-electron chi connectivity index (χ4n) is 2.87. The van der Waals surface area contributed by atoms with Crippen LogP contribution >= 0.6 is 0 Å². The smallest absolute Gasteiger partial charge is 0.240 e. The van der Waals surface area contributed by atoms with Gasteiger partial charge in [0, 0.05) is 17.3 Å². The summed E-state index contributed by atoms with van der Waals surface area (Å²) in [4.78, 5) is 36.9. The van der Waals surface area contributed by atoms with Crippen LogP contribution in [0.25, 0.3) is 0 Å². The van der Waals surface area contributed by atoms with E-state index in [1.807, 2.05) is 0 Å². The Bertz CT molecular complexity index is 917. The first-order valence-electron chi connectivity index (χ1n) is 8.85. The van der Waals surface area contributed by atoms with Gasteiger partial charge in [-0.1, -0.05) is 0 Å². The molecule has 7 heteroatoms. The Kier molecular flexibility index (Phi) is 5.35. The Morgan fingerprint density at radius 3 is 2.07 bits per heavy atom. The fourth-order valence-corrected chi connectivity index (χ4v) is 2.87. The molecule has 0 unspecified atom stereocenters. The van der Waals surface area contributed by atoms with Crippen molar-refractivity contribution in [1.82, 2.24) is 0 Å². The van der Waals surface area contributed by atoms with E-state index in [9.17, 15) is 14.4 Å². The van der Waals surface area contributed by atoms with Crippen molar-refractivity contribution in [3.63, 3.8) is 0 Å². The minimum absolute atomic E-state index is 0.0526. The van der Waals surface area contributed by atoms with Crippen LogP contribution in [0, 0.1) is 5.41 Å². The van der Waals surface area contributed by atoms with E-state index in [2.05, 4.69) is 10.6 Å². The second-order valence-electron chi connectivity index (χ2n) is 6.69. The first kappa shape index (κ1) is 19.4. The lowest BCUT2D eigenvalue weighted by Crippen LogP contribution is -2.35. The van der Waals surface area contributed by atoms with E-state index in [-0.39, 0.29) is 11.7 Å². The third-order valence-electron chi connectivity index (χ3n) is 4.82. The summed E-state index contributed by atoms with van der Waals surface area (Å²) < 4.78 is 10.4. The molecular formula is C21H22N2O5. The number of benzene rings is 2. The molecule has 146 valence electrons. The second-order valence-corrected chi connectivity index (χ2v) is 6.69. The van der Waals surface area contributed by atoms with Crippen LogP contribution in [0.3, 0.4) is 0 Å². The fraction of sp³-hybridized carbons (Fsp3) is 0.286. The summed E-state index contributed by atoms with van der Waals surface area (Å²) in [7, 11) is 3.03. The van der Waals surface area contributed by atoms with Crippen LogP contribution in [0.4, 0.5) is 11.4 Å². The van der Waals surface area contributed by atoms with Gasteiger partial charge in [-0.25, -0.2) is 0 Å². The van der Waals surface area contributed by atoms with Gasteiger partial charge in [0.05, 0.1) is 19.9 Å². The third kappa shape index (κ3) is 3.83. The lowest BCUT2D eigenvalue weighted by Gasteiger charge is -2.17. The normalized spacial score (nSPS) is 14.0. The number of hydrogen-bond acceptors (Lipinski definition) is 5. The first-order chi connectivity index (χ1) is 13.4. The van der Waals surface area contributed by atoms with E-state index in [4.69, 9.17) is 9.47 Å². The molecule has 1 saturated carbocycles. The lowest BCUT2D eigenvalue weighted by atomic mass is 10.0. The van der Waals surface area contributed by atoms with Gasteiger partial charge >= 0.3 is 0 Å². The largest absolute Gasteiger partial charge is 0.497 e. The van der Waals surface area contributed by atoms with E-state index in [1.165, 1.54) is 21.1 Å². The van der Waals surface area contributed by atoms with Crippen molar-refractivity contribution < 1.29 is 23.9 Å². The van der Waals surface area contributed by atoms with Crippen LogP contribution in [0.15, 0.2) is 42.5 Å². The summed E-state index contributed by atoms with van der Waals surface area (Å²) in [6.07, 6.45) is 0.922. The van der Waals surface area contributed by atoms with Crippen molar-refractivity contribution in [3.05, 3.63) is 48.0 Å². The molecule has 2 aromatic rings. The SMILES string of the molecule is COc1ccc(OC)c(NC(=O)C2(C(=O)Nc3ccc(C(C)=O)cc3)CC2)c1. The Morgan fingerprint density at radius 1 is 0.893 bits per heavy atom. The van der Waals surface area contributed by atoms with Gasteiger partial charge in [0.2, 0.25) is 11.8 Å². The van der Waals surface area contributed by atoms with Crippen LogP contribution in [0.1, 0.15) is 30.1 Å². The molecule has 0 aliphatic heterocycles. The van der Waals surface area contributed by atoms with Crippen LogP contribution < -0.4 is 20.1 Å². The molecule has 2 amide bonds. The van der Waals surface area contributed by atoms with Crippen molar-refractivity contribution in [3.8, 4) is 11.5 Å². The van der Waals surface area contributed by atoms with Crippen molar-refractivity contribution in [2.24, 2.45) is 5.41 Å². The van der Waals surface area contributed by atoms with Gasteiger partial charge in [-0.2, -0.15) is 0 Å². The number of anilines is 2. The molecule has 1 aliphatic rings. The molecule has 1 aliphatic carbocycles. The van der Waals surface area contributed by atoms with Crippen molar-refractivity contribution in [2.45, 2.75) is 19.8 Å². The van der Waals surface area contributed by atoms with Gasteiger partial charge in [-0.15, -0.1) is 0 Å². The summed E-state index contributed by atoms with van der Waals surface area (Å²) in [5, 5.41) is 5.54. The summed E-state index contributed by atoms with van der Waals surface area (Å²) in [6, 6.07) is 11.6. The van der Waals surface area contributed by atoms with Gasteiger partial charge < -0.3 is 20.1 Å². The highest BCUT2D eigenvalue weighted by Gasteiger charge is 2.56. The summed E-state index contributed by atoms with van der Waals surface area (Å²) in [6.45, 7) is 1.48. The van der Waals surface area contributed by atoms with Crippen molar-refractivity contribution in [1.29, 1.82) is 0 Å². The van der Waals surface area contributed by atoms with E-state index in [1.54, 1.807) is 42.5 Å². The zero-order valence-corrected chi connectivity index (χ0v) is 16.0. The molecule has 2 aromatic carbocycles. The number of hydrogen-bond donors (Lipinski definition) is 2. The number of carbonyl (C=O) groups excluding carboxylic acids is 3.